The monoisotopic (exact) mass is 300 g/mol. The number of H-pyrrole nitrogens is 1. The third kappa shape index (κ3) is 3.21. The molecule has 0 radical (unpaired) electrons. The summed E-state index contributed by atoms with van der Waals surface area (Å²) in [6.07, 6.45) is 3.11. The maximum absolute atomic E-state index is 12.3. The van der Waals surface area contributed by atoms with Gasteiger partial charge in [0.15, 0.2) is 0 Å². The minimum Gasteiger partial charge on any atom is -0.347 e. The number of rotatable bonds is 6. The van der Waals surface area contributed by atoms with E-state index in [1.54, 1.807) is 20.2 Å². The quantitative estimate of drug-likeness (QED) is 0.742. The zero-order chi connectivity index (χ0) is 13.9. The second-order valence-electron chi connectivity index (χ2n) is 4.10. The van der Waals surface area contributed by atoms with Gasteiger partial charge in [0, 0.05) is 23.3 Å². The van der Waals surface area contributed by atoms with Gasteiger partial charge in [0.1, 0.15) is 4.90 Å². The number of nitrogens with one attached hydrogen (secondary N) is 3. The van der Waals surface area contributed by atoms with Gasteiger partial charge in [0.2, 0.25) is 10.0 Å². The predicted molar refractivity (Wildman–Crippen MR) is 74.4 cm³/mol. The molecular formula is C11H16N4O2S2. The Morgan fingerprint density at radius 2 is 2.21 bits per heavy atom. The molecule has 8 heteroatoms. The Bertz CT molecular complexity index is 632. The van der Waals surface area contributed by atoms with E-state index in [1.165, 1.54) is 17.7 Å². The van der Waals surface area contributed by atoms with Crippen molar-refractivity contribution in [3.05, 3.63) is 34.0 Å². The number of hydrogen-bond donors (Lipinski definition) is 3. The Kier molecular flexibility index (Phi) is 4.35. The molecule has 0 aliphatic heterocycles. The topological polar surface area (TPSA) is 86.9 Å². The first-order chi connectivity index (χ1) is 9.04. The summed E-state index contributed by atoms with van der Waals surface area (Å²) in [6.45, 7) is 2.55. The van der Waals surface area contributed by atoms with E-state index < -0.39 is 10.0 Å². The molecule has 0 fully saturated rings. The first-order valence-corrected chi connectivity index (χ1v) is 8.09. The fraction of sp³-hybridized carbons (Fsp3) is 0.364. The summed E-state index contributed by atoms with van der Waals surface area (Å²) in [5, 5.41) is 4.84. The minimum atomic E-state index is -3.50. The number of sulfonamides is 1. The molecule has 0 aliphatic carbocycles. The molecule has 0 bridgehead atoms. The van der Waals surface area contributed by atoms with E-state index in [4.69, 9.17) is 0 Å². The van der Waals surface area contributed by atoms with Crippen molar-refractivity contribution in [1.82, 2.24) is 20.0 Å². The lowest BCUT2D eigenvalue weighted by atomic mass is 10.3. The Morgan fingerprint density at radius 1 is 1.42 bits per heavy atom. The lowest BCUT2D eigenvalue weighted by Crippen LogP contribution is -2.25. The number of hydrogen-bond acceptors (Lipinski definition) is 5. The predicted octanol–water partition coefficient (Wildman–Crippen LogP) is 0.978. The van der Waals surface area contributed by atoms with Crippen molar-refractivity contribution in [2.75, 3.05) is 7.05 Å². The summed E-state index contributed by atoms with van der Waals surface area (Å²) < 4.78 is 27.3. The highest BCUT2D eigenvalue weighted by atomic mass is 32.2. The number of aryl methyl sites for hydroxylation is 1. The van der Waals surface area contributed by atoms with Crippen molar-refractivity contribution in [3.8, 4) is 0 Å². The standard InChI is InChI=1S/C11H16N4O2S2/c1-8-6-18-10(5-12-2)11(8)19(16,17)15-4-9-3-13-7-14-9/h3,6-7,12,15H,4-5H2,1-2H3,(H,13,14). The molecule has 6 nitrogen and oxygen atoms in total. The van der Waals surface area contributed by atoms with Crippen molar-refractivity contribution < 1.29 is 8.42 Å². The van der Waals surface area contributed by atoms with E-state index >= 15 is 0 Å². The largest absolute Gasteiger partial charge is 0.347 e. The summed E-state index contributed by atoms with van der Waals surface area (Å²) in [5.74, 6) is 0. The molecule has 0 unspecified atom stereocenters. The summed E-state index contributed by atoms with van der Waals surface area (Å²) in [6, 6.07) is 0. The van der Waals surface area contributed by atoms with Gasteiger partial charge in [-0.25, -0.2) is 18.1 Å². The molecule has 0 aliphatic rings. The highest BCUT2D eigenvalue weighted by molar-refractivity contribution is 7.89. The van der Waals surface area contributed by atoms with Crippen LogP contribution in [0.1, 0.15) is 16.1 Å². The van der Waals surface area contributed by atoms with Crippen LogP contribution in [0.4, 0.5) is 0 Å². The molecule has 0 saturated heterocycles. The van der Waals surface area contributed by atoms with Crippen LogP contribution < -0.4 is 10.0 Å². The molecule has 2 rings (SSSR count). The lowest BCUT2D eigenvalue weighted by molar-refractivity contribution is 0.579. The number of imidazole rings is 1. The number of nitrogens with zero attached hydrogens (tertiary/aromatic N) is 1. The average molecular weight is 300 g/mol. The molecule has 2 heterocycles. The van der Waals surface area contributed by atoms with Gasteiger partial charge in [-0.15, -0.1) is 11.3 Å². The first-order valence-electron chi connectivity index (χ1n) is 5.73. The highest BCUT2D eigenvalue weighted by Crippen LogP contribution is 2.26. The maximum Gasteiger partial charge on any atom is 0.242 e. The summed E-state index contributed by atoms with van der Waals surface area (Å²) in [5.41, 5.74) is 1.50. The van der Waals surface area contributed by atoms with E-state index in [9.17, 15) is 8.42 Å². The Labute approximate surface area is 116 Å². The zero-order valence-electron chi connectivity index (χ0n) is 10.7. The van der Waals surface area contributed by atoms with Crippen molar-refractivity contribution in [3.63, 3.8) is 0 Å². The minimum absolute atomic E-state index is 0.205. The van der Waals surface area contributed by atoms with Crippen LogP contribution in [0.5, 0.6) is 0 Å². The fourth-order valence-corrected chi connectivity index (χ4v) is 4.58. The number of aromatic nitrogens is 2. The molecular weight excluding hydrogens is 284 g/mol. The van der Waals surface area contributed by atoms with Crippen molar-refractivity contribution in [2.24, 2.45) is 0 Å². The Balaban J connectivity index is 2.21. The van der Waals surface area contributed by atoms with Crippen LogP contribution >= 0.6 is 11.3 Å². The molecule has 0 atom stereocenters. The molecule has 0 saturated carbocycles. The number of aromatic amines is 1. The molecule has 0 amide bonds. The van der Waals surface area contributed by atoms with Gasteiger partial charge in [-0.2, -0.15) is 0 Å². The number of thiophene rings is 1. The molecule has 19 heavy (non-hydrogen) atoms. The highest BCUT2D eigenvalue weighted by Gasteiger charge is 2.22. The normalized spacial score (nSPS) is 11.9. The first kappa shape index (κ1) is 14.2. The Hall–Kier alpha value is -1.22. The van der Waals surface area contributed by atoms with Gasteiger partial charge in [0.25, 0.3) is 0 Å². The van der Waals surface area contributed by atoms with Crippen LogP contribution in [-0.4, -0.2) is 25.4 Å². The molecule has 0 spiro atoms. The van der Waals surface area contributed by atoms with Crippen molar-refractivity contribution >= 4 is 21.4 Å². The third-order valence-electron chi connectivity index (χ3n) is 2.60. The second kappa shape index (κ2) is 5.83. The van der Waals surface area contributed by atoms with Crippen LogP contribution in [0.15, 0.2) is 22.8 Å². The van der Waals surface area contributed by atoms with Gasteiger partial charge in [-0.05, 0) is 24.9 Å². The maximum atomic E-state index is 12.3. The molecule has 0 aromatic carbocycles. The average Bonchev–Trinajstić information content (AvgIpc) is 2.97. The van der Waals surface area contributed by atoms with E-state index in [-0.39, 0.29) is 6.54 Å². The smallest absolute Gasteiger partial charge is 0.242 e. The lowest BCUT2D eigenvalue weighted by Gasteiger charge is -2.08. The third-order valence-corrected chi connectivity index (χ3v) is 5.47. The SMILES string of the molecule is CNCc1scc(C)c1S(=O)(=O)NCc1cnc[nH]1. The van der Waals surface area contributed by atoms with Gasteiger partial charge in [0.05, 0.1) is 12.9 Å². The summed E-state index contributed by atoms with van der Waals surface area (Å²) in [4.78, 5) is 7.91. The van der Waals surface area contributed by atoms with Gasteiger partial charge in [-0.3, -0.25) is 0 Å². The summed E-state index contributed by atoms with van der Waals surface area (Å²) >= 11 is 1.45. The van der Waals surface area contributed by atoms with Crippen molar-refractivity contribution in [1.29, 1.82) is 0 Å². The second-order valence-corrected chi connectivity index (χ2v) is 6.77. The van der Waals surface area contributed by atoms with E-state index in [2.05, 4.69) is 20.0 Å². The van der Waals surface area contributed by atoms with Crippen LogP contribution in [0, 0.1) is 6.92 Å². The van der Waals surface area contributed by atoms with Gasteiger partial charge < -0.3 is 10.3 Å². The Morgan fingerprint density at radius 3 is 2.84 bits per heavy atom. The van der Waals surface area contributed by atoms with Crippen LogP contribution in [0.25, 0.3) is 0 Å². The van der Waals surface area contributed by atoms with E-state index in [0.717, 1.165) is 16.1 Å². The van der Waals surface area contributed by atoms with Crippen molar-refractivity contribution in [2.45, 2.75) is 24.9 Å². The van der Waals surface area contributed by atoms with Crippen LogP contribution in [-0.2, 0) is 23.1 Å². The van der Waals surface area contributed by atoms with E-state index in [0.29, 0.717) is 11.4 Å². The molecule has 3 N–H and O–H groups in total. The van der Waals surface area contributed by atoms with Crippen LogP contribution in [0.2, 0.25) is 0 Å². The van der Waals surface area contributed by atoms with Crippen LogP contribution in [0.3, 0.4) is 0 Å². The van der Waals surface area contributed by atoms with Gasteiger partial charge >= 0.3 is 0 Å². The fourth-order valence-electron chi connectivity index (χ4n) is 1.76. The summed E-state index contributed by atoms with van der Waals surface area (Å²) in [7, 11) is -1.71. The zero-order valence-corrected chi connectivity index (χ0v) is 12.4. The molecule has 104 valence electrons. The molecule has 2 aromatic heterocycles. The molecule has 2 aromatic rings. The van der Waals surface area contributed by atoms with Gasteiger partial charge in [-0.1, -0.05) is 0 Å². The van der Waals surface area contributed by atoms with E-state index in [1.807, 2.05) is 5.38 Å².